The standard InChI is InChI=1S/C20H19N3O2/c1-2-14-7-3-5-9-17(14)22-19(24)12-23-20-15(11-21-23)13-25-18-10-6-4-8-16(18)20/h3-11H,2,12-13H2,1H3,(H,22,24). The minimum Gasteiger partial charge on any atom is -0.488 e. The Bertz CT molecular complexity index is 930. The van der Waals surface area contributed by atoms with Crippen LogP contribution in [0.3, 0.4) is 0 Å². The van der Waals surface area contributed by atoms with Crippen LogP contribution < -0.4 is 10.1 Å². The number of ether oxygens (including phenoxy) is 1. The highest BCUT2D eigenvalue weighted by Crippen LogP contribution is 2.37. The molecule has 1 N–H and O–H groups in total. The van der Waals surface area contributed by atoms with Gasteiger partial charge in [-0.1, -0.05) is 37.3 Å². The fraction of sp³-hybridized carbons (Fsp3) is 0.200. The molecular weight excluding hydrogens is 314 g/mol. The maximum atomic E-state index is 12.5. The van der Waals surface area contributed by atoms with Crippen molar-refractivity contribution in [3.63, 3.8) is 0 Å². The first-order valence-corrected chi connectivity index (χ1v) is 8.41. The minimum absolute atomic E-state index is 0.0872. The van der Waals surface area contributed by atoms with E-state index in [9.17, 15) is 4.79 Å². The van der Waals surface area contributed by atoms with Gasteiger partial charge in [0.1, 0.15) is 18.9 Å². The zero-order chi connectivity index (χ0) is 17.2. The Labute approximate surface area is 146 Å². The second-order valence-electron chi connectivity index (χ2n) is 6.02. The maximum absolute atomic E-state index is 12.5. The third-order valence-corrected chi connectivity index (χ3v) is 4.41. The lowest BCUT2D eigenvalue weighted by molar-refractivity contribution is -0.116. The molecule has 1 aromatic heterocycles. The number of anilines is 1. The second kappa shape index (κ2) is 6.43. The van der Waals surface area contributed by atoms with Crippen molar-refractivity contribution in [1.29, 1.82) is 0 Å². The van der Waals surface area contributed by atoms with Gasteiger partial charge in [0, 0.05) is 16.8 Å². The minimum atomic E-state index is -0.0872. The molecular formula is C20H19N3O2. The summed E-state index contributed by atoms with van der Waals surface area (Å²) >= 11 is 0. The van der Waals surface area contributed by atoms with E-state index in [0.717, 1.165) is 40.2 Å². The fourth-order valence-corrected chi connectivity index (χ4v) is 3.18. The number of nitrogens with zero attached hydrogens (tertiary/aromatic N) is 2. The predicted octanol–water partition coefficient (Wildman–Crippen LogP) is 3.64. The van der Waals surface area contributed by atoms with Crippen LogP contribution in [0.1, 0.15) is 18.1 Å². The molecule has 0 saturated heterocycles. The van der Waals surface area contributed by atoms with Crippen molar-refractivity contribution < 1.29 is 9.53 Å². The Morgan fingerprint density at radius 1 is 1.20 bits per heavy atom. The topological polar surface area (TPSA) is 56.2 Å². The molecule has 126 valence electrons. The fourth-order valence-electron chi connectivity index (χ4n) is 3.18. The number of amides is 1. The van der Waals surface area contributed by atoms with E-state index in [4.69, 9.17) is 4.74 Å². The molecule has 4 rings (SSSR count). The molecule has 0 radical (unpaired) electrons. The van der Waals surface area contributed by atoms with Gasteiger partial charge in [0.05, 0.1) is 11.9 Å². The van der Waals surface area contributed by atoms with Gasteiger partial charge < -0.3 is 10.1 Å². The SMILES string of the molecule is CCc1ccccc1NC(=O)Cn1ncc2c1-c1ccccc1OC2. The number of carbonyl (C=O) groups excluding carboxylic acids is 1. The van der Waals surface area contributed by atoms with Gasteiger partial charge in [0.15, 0.2) is 0 Å². The highest BCUT2D eigenvalue weighted by molar-refractivity contribution is 5.91. The molecule has 0 saturated carbocycles. The number of hydrogen-bond donors (Lipinski definition) is 1. The van der Waals surface area contributed by atoms with Gasteiger partial charge in [0.25, 0.3) is 0 Å². The summed E-state index contributed by atoms with van der Waals surface area (Å²) in [5, 5.41) is 7.40. The zero-order valence-corrected chi connectivity index (χ0v) is 14.0. The summed E-state index contributed by atoms with van der Waals surface area (Å²) in [4.78, 5) is 12.5. The van der Waals surface area contributed by atoms with Gasteiger partial charge in [-0.3, -0.25) is 9.48 Å². The summed E-state index contributed by atoms with van der Waals surface area (Å²) in [5.74, 6) is 0.740. The van der Waals surface area contributed by atoms with Gasteiger partial charge in [0.2, 0.25) is 5.91 Å². The Morgan fingerprint density at radius 2 is 2.00 bits per heavy atom. The Kier molecular flexibility index (Phi) is 3.98. The van der Waals surface area contributed by atoms with Crippen LogP contribution in [0.2, 0.25) is 0 Å². The van der Waals surface area contributed by atoms with Crippen LogP contribution in [0.5, 0.6) is 5.75 Å². The normalized spacial score (nSPS) is 12.0. The van der Waals surface area contributed by atoms with Crippen LogP contribution in [-0.2, 0) is 24.4 Å². The maximum Gasteiger partial charge on any atom is 0.246 e. The van der Waals surface area contributed by atoms with Gasteiger partial charge in [-0.25, -0.2) is 0 Å². The molecule has 0 bridgehead atoms. The summed E-state index contributed by atoms with van der Waals surface area (Å²) in [5.41, 5.74) is 4.92. The molecule has 1 aliphatic rings. The molecule has 0 spiro atoms. The Hall–Kier alpha value is -3.08. The number of fused-ring (bicyclic) bond motifs is 3. The first kappa shape index (κ1) is 15.4. The van der Waals surface area contributed by atoms with Gasteiger partial charge in [-0.2, -0.15) is 5.10 Å². The van der Waals surface area contributed by atoms with Crippen molar-refractivity contribution in [3.8, 4) is 17.0 Å². The van der Waals surface area contributed by atoms with Crippen molar-refractivity contribution in [2.45, 2.75) is 26.5 Å². The molecule has 2 aromatic carbocycles. The number of hydrogen-bond acceptors (Lipinski definition) is 3. The number of rotatable bonds is 4. The summed E-state index contributed by atoms with van der Waals surface area (Å²) < 4.78 is 7.49. The third-order valence-electron chi connectivity index (χ3n) is 4.41. The van der Waals surface area contributed by atoms with Crippen molar-refractivity contribution in [3.05, 3.63) is 65.9 Å². The number of aryl methyl sites for hydroxylation is 1. The summed E-state index contributed by atoms with van der Waals surface area (Å²) in [6.07, 6.45) is 2.65. The third kappa shape index (κ3) is 2.89. The van der Waals surface area contributed by atoms with E-state index < -0.39 is 0 Å². The van der Waals surface area contributed by atoms with E-state index in [1.54, 1.807) is 10.9 Å². The van der Waals surface area contributed by atoms with Crippen LogP contribution >= 0.6 is 0 Å². The first-order chi connectivity index (χ1) is 12.3. The Morgan fingerprint density at radius 3 is 2.88 bits per heavy atom. The van der Waals surface area contributed by atoms with Gasteiger partial charge in [-0.15, -0.1) is 0 Å². The number of nitrogens with one attached hydrogen (secondary N) is 1. The molecule has 0 atom stereocenters. The van der Waals surface area contributed by atoms with Crippen LogP contribution in [0.15, 0.2) is 54.7 Å². The van der Waals surface area contributed by atoms with Crippen molar-refractivity contribution in [1.82, 2.24) is 9.78 Å². The van der Waals surface area contributed by atoms with Crippen LogP contribution in [0.25, 0.3) is 11.3 Å². The quantitative estimate of drug-likeness (QED) is 0.793. The highest BCUT2D eigenvalue weighted by Gasteiger charge is 2.22. The van der Waals surface area contributed by atoms with Gasteiger partial charge in [-0.05, 0) is 30.2 Å². The molecule has 25 heavy (non-hydrogen) atoms. The Balaban J connectivity index is 1.59. The lowest BCUT2D eigenvalue weighted by Gasteiger charge is -2.19. The lowest BCUT2D eigenvalue weighted by Crippen LogP contribution is -2.21. The van der Waals surface area contributed by atoms with Crippen LogP contribution in [-0.4, -0.2) is 15.7 Å². The van der Waals surface area contributed by atoms with Crippen LogP contribution in [0.4, 0.5) is 5.69 Å². The van der Waals surface area contributed by atoms with E-state index in [0.29, 0.717) is 6.61 Å². The average Bonchev–Trinajstić information content (AvgIpc) is 3.05. The first-order valence-electron chi connectivity index (χ1n) is 8.41. The van der Waals surface area contributed by atoms with E-state index in [1.807, 2.05) is 48.5 Å². The predicted molar refractivity (Wildman–Crippen MR) is 96.4 cm³/mol. The molecule has 1 amide bonds. The second-order valence-corrected chi connectivity index (χ2v) is 6.02. The average molecular weight is 333 g/mol. The number of carbonyl (C=O) groups is 1. The van der Waals surface area contributed by atoms with Crippen molar-refractivity contribution in [2.24, 2.45) is 0 Å². The summed E-state index contributed by atoms with van der Waals surface area (Å²) in [7, 11) is 0. The number of para-hydroxylation sites is 2. The van der Waals surface area contributed by atoms with Crippen molar-refractivity contribution in [2.75, 3.05) is 5.32 Å². The zero-order valence-electron chi connectivity index (χ0n) is 14.0. The largest absolute Gasteiger partial charge is 0.488 e. The molecule has 0 unspecified atom stereocenters. The molecule has 3 aromatic rings. The summed E-state index contributed by atoms with van der Waals surface area (Å²) in [6, 6.07) is 15.7. The van der Waals surface area contributed by atoms with E-state index >= 15 is 0 Å². The number of benzene rings is 2. The molecule has 5 nitrogen and oxygen atoms in total. The van der Waals surface area contributed by atoms with Gasteiger partial charge >= 0.3 is 0 Å². The highest BCUT2D eigenvalue weighted by atomic mass is 16.5. The van der Waals surface area contributed by atoms with Crippen LogP contribution in [0, 0.1) is 0 Å². The lowest BCUT2D eigenvalue weighted by atomic mass is 10.0. The molecule has 0 fully saturated rings. The summed E-state index contributed by atoms with van der Waals surface area (Å²) in [6.45, 7) is 2.72. The smallest absolute Gasteiger partial charge is 0.246 e. The molecule has 2 heterocycles. The van der Waals surface area contributed by atoms with E-state index in [2.05, 4.69) is 17.3 Å². The van der Waals surface area contributed by atoms with E-state index in [-0.39, 0.29) is 12.5 Å². The molecule has 0 aliphatic carbocycles. The molecule has 1 aliphatic heterocycles. The number of aromatic nitrogens is 2. The van der Waals surface area contributed by atoms with Crippen molar-refractivity contribution >= 4 is 11.6 Å². The monoisotopic (exact) mass is 333 g/mol. The van der Waals surface area contributed by atoms with E-state index in [1.165, 1.54) is 0 Å². The molecule has 5 heteroatoms.